The van der Waals surface area contributed by atoms with Crippen LogP contribution in [0.25, 0.3) is 11.0 Å². The highest BCUT2D eigenvalue weighted by atomic mass is 19.3. The molecule has 3 aromatic rings. The standard InChI is InChI=1S/C13H11N3O.CH3FO/c17-9-11-6-12-13(14-11)8-16(15-12)7-10-4-2-1-3-5-10;1-3-2/h1-6,8-9,14H,7H2;1H3. The highest BCUT2D eigenvalue weighted by molar-refractivity contribution is 5.84. The van der Waals surface area contributed by atoms with Crippen LogP contribution in [0.5, 0.6) is 0 Å². The van der Waals surface area contributed by atoms with Crippen molar-refractivity contribution in [3.63, 3.8) is 0 Å². The molecule has 0 aliphatic carbocycles. The number of aromatic amines is 1. The Morgan fingerprint density at radius 1 is 1.40 bits per heavy atom. The maximum atomic E-state index is 10.6. The lowest BCUT2D eigenvalue weighted by Gasteiger charge is -2.00. The van der Waals surface area contributed by atoms with Crippen molar-refractivity contribution in [1.29, 1.82) is 0 Å². The highest BCUT2D eigenvalue weighted by Crippen LogP contribution is 2.13. The Bertz CT molecular complexity index is 645. The second kappa shape index (κ2) is 6.63. The lowest BCUT2D eigenvalue weighted by Crippen LogP contribution is -1.99. The van der Waals surface area contributed by atoms with Crippen LogP contribution in [0.4, 0.5) is 4.53 Å². The summed E-state index contributed by atoms with van der Waals surface area (Å²) >= 11 is 0. The molecular weight excluding hydrogens is 261 g/mol. The Hall–Kier alpha value is -2.47. The molecule has 2 heterocycles. The minimum Gasteiger partial charge on any atom is -0.350 e. The second-order valence-corrected chi connectivity index (χ2v) is 4.11. The maximum Gasteiger partial charge on any atom is 0.166 e. The van der Waals surface area contributed by atoms with Crippen LogP contribution in [0.3, 0.4) is 0 Å². The Morgan fingerprint density at radius 2 is 2.10 bits per heavy atom. The van der Waals surface area contributed by atoms with E-state index in [4.69, 9.17) is 0 Å². The molecule has 0 saturated heterocycles. The molecule has 6 heteroatoms. The van der Waals surface area contributed by atoms with Gasteiger partial charge in [-0.1, -0.05) is 30.3 Å². The summed E-state index contributed by atoms with van der Waals surface area (Å²) in [5.41, 5.74) is 3.48. The van der Waals surface area contributed by atoms with Crippen LogP contribution in [0.2, 0.25) is 0 Å². The largest absolute Gasteiger partial charge is 0.350 e. The monoisotopic (exact) mass is 275 g/mol. The zero-order valence-electron chi connectivity index (χ0n) is 10.9. The van der Waals surface area contributed by atoms with E-state index < -0.39 is 0 Å². The molecule has 0 radical (unpaired) electrons. The Balaban J connectivity index is 0.000000452. The zero-order valence-corrected chi connectivity index (χ0v) is 10.9. The van der Waals surface area contributed by atoms with Crippen molar-refractivity contribution in [2.75, 3.05) is 7.11 Å². The number of carbonyl (C=O) groups is 1. The number of nitrogens with zero attached hydrogens (tertiary/aromatic N) is 2. The van der Waals surface area contributed by atoms with Crippen LogP contribution in [0, 0.1) is 0 Å². The molecule has 104 valence electrons. The summed E-state index contributed by atoms with van der Waals surface area (Å²) in [6.07, 6.45) is 2.71. The number of H-pyrrole nitrogens is 1. The fourth-order valence-corrected chi connectivity index (χ4v) is 1.89. The van der Waals surface area contributed by atoms with Crippen molar-refractivity contribution in [2.45, 2.75) is 6.54 Å². The van der Waals surface area contributed by atoms with Gasteiger partial charge in [-0.2, -0.15) is 10.0 Å². The highest BCUT2D eigenvalue weighted by Gasteiger charge is 2.05. The summed E-state index contributed by atoms with van der Waals surface area (Å²) in [5, 5.41) is 4.40. The molecule has 0 aliphatic rings. The number of hydrogen-bond donors (Lipinski definition) is 1. The average molecular weight is 275 g/mol. The molecule has 0 atom stereocenters. The van der Waals surface area contributed by atoms with Crippen molar-refractivity contribution >= 4 is 17.3 Å². The first-order chi connectivity index (χ1) is 9.76. The van der Waals surface area contributed by atoms with E-state index >= 15 is 0 Å². The van der Waals surface area contributed by atoms with E-state index in [1.807, 2.05) is 29.1 Å². The van der Waals surface area contributed by atoms with Gasteiger partial charge in [0.1, 0.15) is 5.52 Å². The molecule has 1 aromatic carbocycles. The molecule has 5 nitrogen and oxygen atoms in total. The summed E-state index contributed by atoms with van der Waals surface area (Å²) in [6, 6.07) is 11.9. The van der Waals surface area contributed by atoms with Crippen molar-refractivity contribution in [3.8, 4) is 0 Å². The average Bonchev–Trinajstić information content (AvgIpc) is 2.98. The Labute approximate surface area is 114 Å². The number of carbonyl (C=O) groups excluding carboxylic acids is 1. The Morgan fingerprint density at radius 3 is 2.70 bits per heavy atom. The van der Waals surface area contributed by atoms with Gasteiger partial charge in [-0.25, -0.2) is 0 Å². The number of benzene rings is 1. The quantitative estimate of drug-likeness (QED) is 0.748. The molecule has 0 saturated carbocycles. The third kappa shape index (κ3) is 3.30. The van der Waals surface area contributed by atoms with Gasteiger partial charge in [-0.05, 0) is 16.2 Å². The van der Waals surface area contributed by atoms with Crippen LogP contribution in [0.15, 0.2) is 42.6 Å². The van der Waals surface area contributed by atoms with E-state index in [0.29, 0.717) is 5.69 Å². The fourth-order valence-electron chi connectivity index (χ4n) is 1.89. The van der Waals surface area contributed by atoms with E-state index in [9.17, 15) is 9.32 Å². The first-order valence-electron chi connectivity index (χ1n) is 5.97. The van der Waals surface area contributed by atoms with Gasteiger partial charge in [-0.15, -0.1) is 0 Å². The number of fused-ring (bicyclic) bond motifs is 1. The predicted octanol–water partition coefficient (Wildman–Crippen LogP) is 2.74. The lowest BCUT2D eigenvalue weighted by molar-refractivity contribution is -0.0960. The Kier molecular flexibility index (Phi) is 4.62. The lowest BCUT2D eigenvalue weighted by atomic mass is 10.2. The van der Waals surface area contributed by atoms with Gasteiger partial charge in [0.15, 0.2) is 6.29 Å². The van der Waals surface area contributed by atoms with Gasteiger partial charge in [0.2, 0.25) is 0 Å². The third-order valence-electron chi connectivity index (χ3n) is 2.68. The van der Waals surface area contributed by atoms with Gasteiger partial charge in [0.25, 0.3) is 0 Å². The van der Waals surface area contributed by atoms with E-state index in [1.54, 1.807) is 6.07 Å². The molecule has 3 rings (SSSR count). The summed E-state index contributed by atoms with van der Waals surface area (Å²) in [7, 11) is 0.958. The number of nitrogens with one attached hydrogen (secondary N) is 1. The molecule has 0 aliphatic heterocycles. The molecular formula is C14H14FN3O2. The number of hydrogen-bond acceptors (Lipinski definition) is 3. The molecule has 0 amide bonds. The second-order valence-electron chi connectivity index (χ2n) is 4.11. The van der Waals surface area contributed by atoms with Gasteiger partial charge >= 0.3 is 0 Å². The smallest absolute Gasteiger partial charge is 0.166 e. The van der Waals surface area contributed by atoms with Gasteiger partial charge in [-0.3, -0.25) is 9.48 Å². The van der Waals surface area contributed by atoms with Crippen molar-refractivity contribution in [3.05, 3.63) is 53.9 Å². The summed E-state index contributed by atoms with van der Waals surface area (Å²) in [4.78, 5) is 16.3. The van der Waals surface area contributed by atoms with E-state index in [-0.39, 0.29) is 0 Å². The van der Waals surface area contributed by atoms with Crippen molar-refractivity contribution < 1.29 is 14.3 Å². The molecule has 2 aromatic heterocycles. The number of aromatic nitrogens is 3. The van der Waals surface area contributed by atoms with Gasteiger partial charge in [0.05, 0.1) is 24.9 Å². The van der Waals surface area contributed by atoms with Crippen LogP contribution in [-0.2, 0) is 11.5 Å². The summed E-state index contributed by atoms with van der Waals surface area (Å²) in [5.74, 6) is 0. The van der Waals surface area contributed by atoms with Crippen molar-refractivity contribution in [1.82, 2.24) is 14.8 Å². The van der Waals surface area contributed by atoms with Crippen LogP contribution in [-0.4, -0.2) is 28.2 Å². The first kappa shape index (κ1) is 14.0. The number of aldehydes is 1. The molecule has 0 spiro atoms. The van der Waals surface area contributed by atoms with Crippen LogP contribution >= 0.6 is 0 Å². The molecule has 0 unspecified atom stereocenters. The molecule has 1 N–H and O–H groups in total. The molecule has 20 heavy (non-hydrogen) atoms. The van der Waals surface area contributed by atoms with Gasteiger partial charge in [0, 0.05) is 6.20 Å². The number of halogens is 1. The van der Waals surface area contributed by atoms with Gasteiger partial charge < -0.3 is 4.98 Å². The normalized spacial score (nSPS) is 10.1. The summed E-state index contributed by atoms with van der Waals surface area (Å²) in [6.45, 7) is 0.736. The topological polar surface area (TPSA) is 59.9 Å². The van der Waals surface area contributed by atoms with Crippen LogP contribution in [0.1, 0.15) is 16.1 Å². The first-order valence-corrected chi connectivity index (χ1v) is 5.97. The maximum absolute atomic E-state index is 10.6. The molecule has 0 bridgehead atoms. The van der Waals surface area contributed by atoms with E-state index in [0.717, 1.165) is 31.0 Å². The van der Waals surface area contributed by atoms with Crippen molar-refractivity contribution in [2.24, 2.45) is 0 Å². The minimum absolute atomic E-state index is 0.564. The number of rotatable bonds is 3. The van der Waals surface area contributed by atoms with Crippen LogP contribution < -0.4 is 0 Å². The molecule has 0 fully saturated rings. The summed E-state index contributed by atoms with van der Waals surface area (Å²) < 4.78 is 11.7. The zero-order chi connectivity index (χ0) is 14.4. The van der Waals surface area contributed by atoms with E-state index in [1.165, 1.54) is 5.56 Å². The third-order valence-corrected chi connectivity index (χ3v) is 2.68. The van der Waals surface area contributed by atoms with E-state index in [2.05, 4.69) is 27.2 Å². The SMILES string of the molecule is COF.O=Cc1cc2nn(Cc3ccccc3)cc2[nH]1. The minimum atomic E-state index is 0.564. The fraction of sp³-hybridized carbons (Fsp3) is 0.143. The predicted molar refractivity (Wildman–Crippen MR) is 73.1 cm³/mol.